The van der Waals surface area contributed by atoms with Crippen molar-refractivity contribution in [1.82, 2.24) is 4.90 Å². The van der Waals surface area contributed by atoms with Gasteiger partial charge in [0.05, 0.1) is 18.9 Å². The van der Waals surface area contributed by atoms with Gasteiger partial charge in [0.2, 0.25) is 17.7 Å². The second kappa shape index (κ2) is 9.97. The summed E-state index contributed by atoms with van der Waals surface area (Å²) in [7, 11) is 1.58. The van der Waals surface area contributed by atoms with Crippen molar-refractivity contribution in [2.45, 2.75) is 31.7 Å². The Kier molecular flexibility index (Phi) is 6.35. The topological polar surface area (TPSA) is 84.9 Å². The van der Waals surface area contributed by atoms with Crippen LogP contribution in [-0.4, -0.2) is 35.8 Å². The van der Waals surface area contributed by atoms with Gasteiger partial charge < -0.3 is 14.8 Å². The van der Waals surface area contributed by atoms with Gasteiger partial charge in [-0.1, -0.05) is 42.5 Å². The predicted molar refractivity (Wildman–Crippen MR) is 142 cm³/mol. The Morgan fingerprint density at radius 1 is 0.868 bits per heavy atom. The number of anilines is 1. The van der Waals surface area contributed by atoms with E-state index in [1.807, 2.05) is 54.6 Å². The van der Waals surface area contributed by atoms with Gasteiger partial charge in [-0.25, -0.2) is 0 Å². The molecule has 3 aliphatic rings. The standard InChI is InChI=1S/C31H30N2O5/c1-37-25-9-5-6-10-26(25)38-23-15-13-22(14-16-23)32-29(34)24(17-19-7-3-2-4-8-19)33-30(35)27-20-11-12-21(18-20)28(27)31(33)36/h2-10,13-16,20-21,24,27-28H,11-12,17-18H2,1H3,(H,32,34)/t20-,21-,24-,27-,28+/m0/s1. The molecule has 194 valence electrons. The summed E-state index contributed by atoms with van der Waals surface area (Å²) in [5, 5.41) is 2.93. The van der Waals surface area contributed by atoms with E-state index in [1.54, 1.807) is 31.4 Å². The van der Waals surface area contributed by atoms with Crippen LogP contribution in [0.15, 0.2) is 78.9 Å². The van der Waals surface area contributed by atoms with Gasteiger partial charge in [0.1, 0.15) is 11.8 Å². The maximum atomic E-state index is 13.6. The van der Waals surface area contributed by atoms with Crippen LogP contribution in [0.25, 0.3) is 0 Å². The molecule has 5 atom stereocenters. The summed E-state index contributed by atoms with van der Waals surface area (Å²) in [6, 6.07) is 23.0. The molecule has 3 aromatic rings. The van der Waals surface area contributed by atoms with E-state index in [1.165, 1.54) is 4.90 Å². The van der Waals surface area contributed by atoms with Gasteiger partial charge >= 0.3 is 0 Å². The highest BCUT2D eigenvalue weighted by atomic mass is 16.5. The van der Waals surface area contributed by atoms with Gasteiger partial charge in [-0.15, -0.1) is 0 Å². The van der Waals surface area contributed by atoms with E-state index in [-0.39, 0.29) is 47.8 Å². The average Bonchev–Trinajstić information content (AvgIpc) is 3.63. The van der Waals surface area contributed by atoms with Crippen molar-refractivity contribution in [1.29, 1.82) is 0 Å². The number of para-hydroxylation sites is 2. The van der Waals surface area contributed by atoms with E-state index in [9.17, 15) is 14.4 Å². The van der Waals surface area contributed by atoms with Gasteiger partial charge in [-0.3, -0.25) is 19.3 Å². The van der Waals surface area contributed by atoms with E-state index < -0.39 is 6.04 Å². The monoisotopic (exact) mass is 510 g/mol. The minimum atomic E-state index is -0.910. The van der Waals surface area contributed by atoms with E-state index in [0.29, 0.717) is 22.9 Å². The van der Waals surface area contributed by atoms with Gasteiger partial charge in [0, 0.05) is 12.1 Å². The second-order valence-electron chi connectivity index (χ2n) is 10.4. The normalized spacial score (nSPS) is 24.3. The van der Waals surface area contributed by atoms with Crippen LogP contribution in [0.4, 0.5) is 5.69 Å². The van der Waals surface area contributed by atoms with E-state index in [2.05, 4.69) is 5.32 Å². The van der Waals surface area contributed by atoms with Gasteiger partial charge in [-0.05, 0) is 73.1 Å². The van der Waals surface area contributed by atoms with Crippen molar-refractivity contribution in [3.8, 4) is 17.2 Å². The molecule has 6 rings (SSSR count). The molecular formula is C31H30N2O5. The minimum Gasteiger partial charge on any atom is -0.493 e. The number of nitrogens with one attached hydrogen (secondary N) is 1. The Morgan fingerprint density at radius 3 is 2.11 bits per heavy atom. The third-order valence-corrected chi connectivity index (χ3v) is 8.27. The third kappa shape index (κ3) is 4.32. The second-order valence-corrected chi connectivity index (χ2v) is 10.4. The number of imide groups is 1. The molecule has 7 nitrogen and oxygen atoms in total. The quantitative estimate of drug-likeness (QED) is 0.428. The summed E-state index contributed by atoms with van der Waals surface area (Å²) in [5.74, 6) is 1.06. The molecule has 7 heteroatoms. The molecule has 1 aliphatic heterocycles. The lowest BCUT2D eigenvalue weighted by atomic mass is 9.81. The number of rotatable bonds is 8. The van der Waals surface area contributed by atoms with Gasteiger partial charge in [0.25, 0.3) is 0 Å². The first-order valence-corrected chi connectivity index (χ1v) is 13.2. The number of hydrogen-bond acceptors (Lipinski definition) is 5. The molecule has 1 N–H and O–H groups in total. The zero-order valence-corrected chi connectivity index (χ0v) is 21.2. The van der Waals surface area contributed by atoms with Crippen LogP contribution in [-0.2, 0) is 20.8 Å². The summed E-state index contributed by atoms with van der Waals surface area (Å²) in [4.78, 5) is 42.0. The number of amides is 3. The summed E-state index contributed by atoms with van der Waals surface area (Å²) in [5.41, 5.74) is 1.45. The number of hydrogen-bond donors (Lipinski definition) is 1. The summed E-state index contributed by atoms with van der Waals surface area (Å²) < 4.78 is 11.3. The van der Waals surface area contributed by atoms with Crippen LogP contribution in [0, 0.1) is 23.7 Å². The van der Waals surface area contributed by atoms with Crippen molar-refractivity contribution in [3.63, 3.8) is 0 Å². The Labute approximate surface area is 221 Å². The number of carbonyl (C=O) groups is 3. The number of methoxy groups -OCH3 is 1. The summed E-state index contributed by atoms with van der Waals surface area (Å²) in [6.07, 6.45) is 3.22. The van der Waals surface area contributed by atoms with Crippen LogP contribution < -0.4 is 14.8 Å². The van der Waals surface area contributed by atoms with Crippen LogP contribution >= 0.6 is 0 Å². The molecule has 2 bridgehead atoms. The molecule has 1 heterocycles. The lowest BCUT2D eigenvalue weighted by Gasteiger charge is -2.27. The average molecular weight is 511 g/mol. The zero-order chi connectivity index (χ0) is 26.2. The van der Waals surface area contributed by atoms with Crippen molar-refractivity contribution >= 4 is 23.4 Å². The molecule has 0 spiro atoms. The first kappa shape index (κ1) is 24.2. The molecule has 1 saturated heterocycles. The van der Waals surface area contributed by atoms with E-state index in [4.69, 9.17) is 9.47 Å². The highest BCUT2D eigenvalue weighted by Gasteiger charge is 2.62. The zero-order valence-electron chi connectivity index (χ0n) is 21.2. The molecule has 0 aromatic heterocycles. The largest absolute Gasteiger partial charge is 0.493 e. The number of likely N-dealkylation sites (tertiary alicyclic amines) is 1. The Bertz CT molecular complexity index is 1330. The fourth-order valence-corrected chi connectivity index (χ4v) is 6.54. The molecule has 0 unspecified atom stereocenters. The smallest absolute Gasteiger partial charge is 0.248 e. The number of ether oxygens (including phenoxy) is 2. The molecule has 38 heavy (non-hydrogen) atoms. The Balaban J connectivity index is 1.22. The highest BCUT2D eigenvalue weighted by molar-refractivity contribution is 6.10. The van der Waals surface area contributed by atoms with Crippen molar-refractivity contribution in [3.05, 3.63) is 84.4 Å². The van der Waals surface area contributed by atoms with Gasteiger partial charge in [-0.2, -0.15) is 0 Å². The molecule has 0 radical (unpaired) electrons. The molecule has 3 aromatic carbocycles. The lowest BCUT2D eigenvalue weighted by Crippen LogP contribution is -2.49. The Morgan fingerprint density at radius 2 is 1.47 bits per heavy atom. The third-order valence-electron chi connectivity index (χ3n) is 8.27. The minimum absolute atomic E-state index is 0.177. The van der Waals surface area contributed by atoms with Crippen molar-refractivity contribution in [2.75, 3.05) is 12.4 Å². The summed E-state index contributed by atoms with van der Waals surface area (Å²) in [6.45, 7) is 0. The van der Waals surface area contributed by atoms with Crippen LogP contribution in [0.1, 0.15) is 24.8 Å². The number of nitrogens with zero attached hydrogens (tertiary/aromatic N) is 1. The Hall–Kier alpha value is -4.13. The van der Waals surface area contributed by atoms with Crippen LogP contribution in [0.5, 0.6) is 17.2 Å². The summed E-state index contributed by atoms with van der Waals surface area (Å²) >= 11 is 0. The maximum absolute atomic E-state index is 13.6. The molecule has 3 amide bonds. The van der Waals surface area contributed by atoms with Crippen LogP contribution in [0.2, 0.25) is 0 Å². The first-order valence-electron chi connectivity index (χ1n) is 13.2. The fourth-order valence-electron chi connectivity index (χ4n) is 6.54. The number of fused-ring (bicyclic) bond motifs is 5. The maximum Gasteiger partial charge on any atom is 0.248 e. The predicted octanol–water partition coefficient (Wildman–Crippen LogP) is 5.07. The number of carbonyl (C=O) groups excluding carboxylic acids is 3. The van der Waals surface area contributed by atoms with Crippen LogP contribution in [0.3, 0.4) is 0 Å². The van der Waals surface area contributed by atoms with E-state index in [0.717, 1.165) is 24.8 Å². The van der Waals surface area contributed by atoms with Crippen molar-refractivity contribution in [2.24, 2.45) is 23.7 Å². The first-order chi connectivity index (χ1) is 18.5. The molecule has 3 fully saturated rings. The van der Waals surface area contributed by atoms with Gasteiger partial charge in [0.15, 0.2) is 11.5 Å². The van der Waals surface area contributed by atoms with E-state index >= 15 is 0 Å². The van der Waals surface area contributed by atoms with Crippen molar-refractivity contribution < 1.29 is 23.9 Å². The SMILES string of the molecule is COc1ccccc1Oc1ccc(NC(=O)[C@H](Cc2ccccc2)N2C(=O)[C@@H]3[C@H]4CC[C@@H](C4)[C@@H]3C2=O)cc1. The fraction of sp³-hybridized carbons (Fsp3) is 0.323. The molecular weight excluding hydrogens is 480 g/mol. The molecule has 2 saturated carbocycles. The number of benzene rings is 3. The molecule has 2 aliphatic carbocycles. The lowest BCUT2D eigenvalue weighted by molar-refractivity contribution is -0.147. The highest BCUT2D eigenvalue weighted by Crippen LogP contribution is 2.56.